The molecule has 1 unspecified atom stereocenters. The topological polar surface area (TPSA) is 102 Å². The van der Waals surface area contributed by atoms with Gasteiger partial charge in [-0.1, -0.05) is 59.7 Å². The fourth-order valence-corrected chi connectivity index (χ4v) is 7.92. The van der Waals surface area contributed by atoms with E-state index in [0.29, 0.717) is 56.7 Å². The molecule has 1 atom stereocenters. The van der Waals surface area contributed by atoms with Crippen LogP contribution in [-0.4, -0.2) is 35.8 Å². The zero-order valence-corrected chi connectivity index (χ0v) is 34.0. The van der Waals surface area contributed by atoms with Crippen LogP contribution in [0.25, 0.3) is 0 Å². The molecule has 0 radical (unpaired) electrons. The van der Waals surface area contributed by atoms with Gasteiger partial charge in [-0.25, -0.2) is 9.59 Å². The Bertz CT molecular complexity index is 2000. The number of anilines is 1. The third-order valence-corrected chi connectivity index (χ3v) is 19.6. The van der Waals surface area contributed by atoms with Crippen LogP contribution in [0.15, 0.2) is 78.9 Å². The first-order valence-corrected chi connectivity index (χ1v) is 23.4. The highest BCUT2D eigenvalue weighted by molar-refractivity contribution is 6.75. The molecule has 1 spiro atoms. The summed E-state index contributed by atoms with van der Waals surface area (Å²) in [4.78, 5) is 26.4. The summed E-state index contributed by atoms with van der Waals surface area (Å²) in [5.74, 6) is 2.47. The van der Waals surface area contributed by atoms with Crippen molar-refractivity contribution in [2.75, 3.05) is 12.4 Å². The number of nitrogens with one attached hydrogen (secondary N) is 1. The molecule has 4 aromatic rings. The Morgan fingerprint density at radius 1 is 0.731 bits per heavy atom. The van der Waals surface area contributed by atoms with E-state index in [1.54, 1.807) is 37.4 Å². The van der Waals surface area contributed by atoms with E-state index in [0.717, 1.165) is 5.56 Å². The quantitative estimate of drug-likeness (QED) is 0.141. The summed E-state index contributed by atoms with van der Waals surface area (Å²) in [6, 6.07) is 23.8. The molecule has 6 rings (SSSR count). The normalized spacial score (nSPS) is 16.6. The van der Waals surface area contributed by atoms with E-state index >= 15 is 0 Å². The molecule has 1 N–H and O–H groups in total. The lowest BCUT2D eigenvalue weighted by molar-refractivity contribution is 0.0224. The van der Waals surface area contributed by atoms with Crippen LogP contribution in [0.1, 0.15) is 74.2 Å². The number of amides is 1. The zero-order chi connectivity index (χ0) is 37.9. The molecular formula is C41H49NO8Si2. The van der Waals surface area contributed by atoms with Crippen molar-refractivity contribution in [3.05, 3.63) is 107 Å². The first-order valence-electron chi connectivity index (χ1n) is 17.5. The molecule has 52 heavy (non-hydrogen) atoms. The van der Waals surface area contributed by atoms with Gasteiger partial charge in [-0.15, -0.1) is 0 Å². The fraction of sp³-hybridized carbons (Fsp3) is 0.366. The van der Waals surface area contributed by atoms with Gasteiger partial charge < -0.3 is 27.8 Å². The van der Waals surface area contributed by atoms with Crippen molar-refractivity contribution in [2.24, 2.45) is 0 Å². The molecule has 0 fully saturated rings. The molecule has 2 heterocycles. The summed E-state index contributed by atoms with van der Waals surface area (Å²) in [5.41, 5.74) is 2.48. The second-order valence-corrected chi connectivity index (χ2v) is 26.0. The van der Waals surface area contributed by atoms with Crippen LogP contribution in [0, 0.1) is 0 Å². The van der Waals surface area contributed by atoms with Gasteiger partial charge in [-0.3, -0.25) is 5.32 Å². The molecule has 0 saturated carbocycles. The van der Waals surface area contributed by atoms with Gasteiger partial charge in [0, 0.05) is 40.6 Å². The fourth-order valence-electron chi connectivity index (χ4n) is 5.89. The van der Waals surface area contributed by atoms with Crippen LogP contribution in [0.4, 0.5) is 10.5 Å². The minimum Gasteiger partial charge on any atom is -0.543 e. The van der Waals surface area contributed by atoms with Gasteiger partial charge in [0.1, 0.15) is 35.4 Å². The SMILES string of the molecule is COc1ccc2c(c1)Oc1cc(NC(=O)OCc3cc(O[Si](C)(C)C(C)(C)C)cc(O[Si](C)(C)C(C)(C)C)c3)ccc1C21OC(=O)c2ccccc21. The Balaban J connectivity index is 1.26. The van der Waals surface area contributed by atoms with Crippen molar-refractivity contribution in [1.29, 1.82) is 0 Å². The average Bonchev–Trinajstić information content (AvgIpc) is 3.34. The largest absolute Gasteiger partial charge is 0.543 e. The molecule has 2 aliphatic heterocycles. The molecule has 0 bridgehead atoms. The summed E-state index contributed by atoms with van der Waals surface area (Å²) >= 11 is 0. The van der Waals surface area contributed by atoms with Gasteiger partial charge in [0.25, 0.3) is 0 Å². The summed E-state index contributed by atoms with van der Waals surface area (Å²) < 4.78 is 37.2. The Labute approximate surface area is 308 Å². The lowest BCUT2D eigenvalue weighted by atomic mass is 9.77. The van der Waals surface area contributed by atoms with E-state index in [1.807, 2.05) is 48.5 Å². The van der Waals surface area contributed by atoms with E-state index in [1.165, 1.54) is 0 Å². The maximum absolute atomic E-state index is 13.3. The summed E-state index contributed by atoms with van der Waals surface area (Å²) in [5, 5.41) is 2.83. The molecule has 0 saturated heterocycles. The maximum Gasteiger partial charge on any atom is 0.411 e. The predicted octanol–water partition coefficient (Wildman–Crippen LogP) is 10.8. The van der Waals surface area contributed by atoms with Gasteiger partial charge in [-0.2, -0.15) is 0 Å². The predicted molar refractivity (Wildman–Crippen MR) is 207 cm³/mol. The second kappa shape index (κ2) is 13.0. The van der Waals surface area contributed by atoms with E-state index in [2.05, 4.69) is 73.0 Å². The average molecular weight is 740 g/mol. The minimum absolute atomic E-state index is 0.00114. The molecular weight excluding hydrogens is 691 g/mol. The van der Waals surface area contributed by atoms with E-state index in [9.17, 15) is 9.59 Å². The Morgan fingerprint density at radius 2 is 1.31 bits per heavy atom. The molecule has 11 heteroatoms. The number of benzene rings is 4. The molecule has 0 aliphatic carbocycles. The zero-order valence-electron chi connectivity index (χ0n) is 32.0. The van der Waals surface area contributed by atoms with E-state index in [4.69, 9.17) is 27.8 Å². The summed E-state index contributed by atoms with van der Waals surface area (Å²) in [6.07, 6.45) is -0.646. The number of methoxy groups -OCH3 is 1. The molecule has 9 nitrogen and oxygen atoms in total. The van der Waals surface area contributed by atoms with Crippen LogP contribution in [-0.2, 0) is 21.7 Å². The molecule has 4 aromatic carbocycles. The van der Waals surface area contributed by atoms with E-state index in [-0.39, 0.29) is 16.7 Å². The maximum atomic E-state index is 13.3. The number of hydrogen-bond donors (Lipinski definition) is 1. The van der Waals surface area contributed by atoms with Crippen LogP contribution in [0.2, 0.25) is 36.3 Å². The van der Waals surface area contributed by atoms with Crippen molar-refractivity contribution >= 4 is 34.4 Å². The number of hydrogen-bond acceptors (Lipinski definition) is 8. The molecule has 274 valence electrons. The highest BCUT2D eigenvalue weighted by Gasteiger charge is 2.53. The molecule has 0 aromatic heterocycles. The Kier molecular flexibility index (Phi) is 9.28. The highest BCUT2D eigenvalue weighted by Crippen LogP contribution is 2.57. The van der Waals surface area contributed by atoms with Crippen molar-refractivity contribution in [3.63, 3.8) is 0 Å². The number of carbonyl (C=O) groups is 2. The van der Waals surface area contributed by atoms with Crippen LogP contribution < -0.4 is 23.6 Å². The summed E-state index contributed by atoms with van der Waals surface area (Å²) in [6.45, 7) is 22.0. The molecule has 2 aliphatic rings. The first-order chi connectivity index (χ1) is 24.2. The minimum atomic E-state index is -2.17. The van der Waals surface area contributed by atoms with Crippen molar-refractivity contribution in [1.82, 2.24) is 0 Å². The van der Waals surface area contributed by atoms with Gasteiger partial charge in [0.05, 0.1) is 12.7 Å². The first kappa shape index (κ1) is 37.0. The Hall–Kier alpha value is -4.75. The van der Waals surface area contributed by atoms with Crippen molar-refractivity contribution < 1.29 is 37.4 Å². The van der Waals surface area contributed by atoms with Crippen LogP contribution >= 0.6 is 0 Å². The standard InChI is InChI=1S/C41H49NO8Si2/c1-39(2,3)51(8,9)49-29-20-26(21-30(23-29)50-52(10,11)40(4,5)6)25-46-38(44)42-27-16-18-33-35(22-27)47-36-24-28(45-7)17-19-34(36)41(33)32-15-13-12-14-31(32)37(43)48-41/h12-24H,25H2,1-11H3,(H,42,44). The number of esters is 1. The monoisotopic (exact) mass is 739 g/mol. The summed E-state index contributed by atoms with van der Waals surface area (Å²) in [7, 11) is -2.76. The lowest BCUT2D eigenvalue weighted by Gasteiger charge is -2.38. The third-order valence-electron chi connectivity index (χ3n) is 10.8. The number of ether oxygens (including phenoxy) is 4. The van der Waals surface area contributed by atoms with Gasteiger partial charge in [0.15, 0.2) is 5.60 Å². The third kappa shape index (κ3) is 6.79. The van der Waals surface area contributed by atoms with Gasteiger partial charge >= 0.3 is 12.1 Å². The number of fused-ring (bicyclic) bond motifs is 6. The van der Waals surface area contributed by atoms with Crippen LogP contribution in [0.5, 0.6) is 28.7 Å². The lowest BCUT2D eigenvalue weighted by Crippen LogP contribution is -2.44. The van der Waals surface area contributed by atoms with Gasteiger partial charge in [-0.05, 0) is 84.3 Å². The number of carbonyl (C=O) groups excluding carboxylic acids is 2. The van der Waals surface area contributed by atoms with Crippen molar-refractivity contribution in [2.45, 2.75) is 90.0 Å². The second-order valence-electron chi connectivity index (χ2n) is 16.5. The Morgan fingerprint density at radius 3 is 1.90 bits per heavy atom. The van der Waals surface area contributed by atoms with Crippen molar-refractivity contribution in [3.8, 4) is 28.7 Å². The van der Waals surface area contributed by atoms with Crippen LogP contribution in [0.3, 0.4) is 0 Å². The highest BCUT2D eigenvalue weighted by atomic mass is 28.4. The number of rotatable bonds is 8. The van der Waals surface area contributed by atoms with Gasteiger partial charge in [0.2, 0.25) is 16.6 Å². The van der Waals surface area contributed by atoms with E-state index < -0.39 is 34.3 Å². The molecule has 1 amide bonds. The smallest absolute Gasteiger partial charge is 0.411 e.